The van der Waals surface area contributed by atoms with Crippen LogP contribution >= 0.6 is 11.6 Å². The summed E-state index contributed by atoms with van der Waals surface area (Å²) in [4.78, 5) is 12.2. The molecule has 160 valence electrons. The Hall–Kier alpha value is -2.09. The third kappa shape index (κ3) is 5.10. The van der Waals surface area contributed by atoms with Gasteiger partial charge in [0.1, 0.15) is 0 Å². The molecule has 2 aromatic rings. The van der Waals surface area contributed by atoms with E-state index in [1.807, 2.05) is 13.8 Å². The number of hydrogen-bond acceptors (Lipinski definition) is 2. The molecule has 1 heterocycles. The minimum atomic E-state index is -1.48. The minimum absolute atomic E-state index is 0.0925. The van der Waals surface area contributed by atoms with Crippen LogP contribution in [0.25, 0.3) is 0 Å². The predicted octanol–water partition coefficient (Wildman–Crippen LogP) is 4.78. The van der Waals surface area contributed by atoms with Gasteiger partial charge in [-0.1, -0.05) is 38.3 Å². The van der Waals surface area contributed by atoms with Crippen LogP contribution in [0.3, 0.4) is 0 Å². The molecular weight excluding hydrogens is 410 g/mol. The van der Waals surface area contributed by atoms with Crippen molar-refractivity contribution in [3.05, 3.63) is 50.8 Å². The highest BCUT2D eigenvalue weighted by molar-refractivity contribution is 6.32. The Morgan fingerprint density at radius 1 is 1.03 bits per heavy atom. The number of aryl methyl sites for hydroxylation is 2. The van der Waals surface area contributed by atoms with E-state index < -0.39 is 46.8 Å². The maximum absolute atomic E-state index is 14.3. The van der Waals surface area contributed by atoms with Gasteiger partial charge in [0.25, 0.3) is 0 Å². The molecule has 1 amide bonds. The number of carbonyl (C=O) groups is 1. The summed E-state index contributed by atoms with van der Waals surface area (Å²) in [5, 5.41) is 6.81. The van der Waals surface area contributed by atoms with E-state index >= 15 is 0 Å². The molecule has 29 heavy (non-hydrogen) atoms. The topological polar surface area (TPSA) is 46.9 Å². The van der Waals surface area contributed by atoms with Crippen LogP contribution in [0.15, 0.2) is 0 Å². The zero-order valence-corrected chi connectivity index (χ0v) is 17.4. The zero-order chi connectivity index (χ0) is 21.7. The second-order valence-corrected chi connectivity index (χ2v) is 7.19. The summed E-state index contributed by atoms with van der Waals surface area (Å²) in [5.41, 5.74) is -0.391. The summed E-state index contributed by atoms with van der Waals surface area (Å²) in [7, 11) is 1.62. The SMILES string of the molecule is CCCCCc1c(F)c(F)c(CNC(=O)Cc2c(Cl)c(CC)nn2C)c(F)c1F. The van der Waals surface area contributed by atoms with Crippen molar-refractivity contribution >= 4 is 17.5 Å². The number of nitrogens with zero attached hydrogens (tertiary/aromatic N) is 2. The molecular formula is C20H24ClF4N3O. The van der Waals surface area contributed by atoms with Gasteiger partial charge in [-0.05, 0) is 19.3 Å². The van der Waals surface area contributed by atoms with Crippen LogP contribution in [0.2, 0.25) is 5.02 Å². The lowest BCUT2D eigenvalue weighted by atomic mass is 10.0. The molecule has 9 heteroatoms. The Labute approximate surface area is 172 Å². The number of nitrogens with one attached hydrogen (secondary N) is 1. The second-order valence-electron chi connectivity index (χ2n) is 6.81. The molecule has 2 rings (SSSR count). The van der Waals surface area contributed by atoms with Crippen molar-refractivity contribution in [2.24, 2.45) is 7.05 Å². The van der Waals surface area contributed by atoms with Crippen molar-refractivity contribution < 1.29 is 22.4 Å². The molecule has 4 nitrogen and oxygen atoms in total. The number of rotatable bonds is 9. The Kier molecular flexibility index (Phi) is 8.07. The summed E-state index contributed by atoms with van der Waals surface area (Å²) < 4.78 is 58.5. The van der Waals surface area contributed by atoms with Crippen molar-refractivity contribution in [3.63, 3.8) is 0 Å². The van der Waals surface area contributed by atoms with Crippen LogP contribution in [-0.4, -0.2) is 15.7 Å². The van der Waals surface area contributed by atoms with E-state index in [1.165, 1.54) is 4.68 Å². The number of halogens is 5. The first-order valence-electron chi connectivity index (χ1n) is 9.53. The highest BCUT2D eigenvalue weighted by Crippen LogP contribution is 2.26. The maximum Gasteiger partial charge on any atom is 0.226 e. The lowest BCUT2D eigenvalue weighted by Crippen LogP contribution is -2.27. The predicted molar refractivity (Wildman–Crippen MR) is 103 cm³/mol. The number of unbranched alkanes of at least 4 members (excludes halogenated alkanes) is 2. The van der Waals surface area contributed by atoms with Crippen molar-refractivity contribution in [1.29, 1.82) is 0 Å². The number of aromatic nitrogens is 2. The number of benzene rings is 1. The molecule has 0 radical (unpaired) electrons. The molecule has 0 unspecified atom stereocenters. The Balaban J connectivity index is 2.14. The van der Waals surface area contributed by atoms with E-state index in [0.717, 1.165) is 6.42 Å². The monoisotopic (exact) mass is 433 g/mol. The molecule has 0 fully saturated rings. The van der Waals surface area contributed by atoms with Gasteiger partial charge in [0.05, 0.1) is 22.8 Å². The summed E-state index contributed by atoms with van der Waals surface area (Å²) in [6.45, 7) is 3.08. The van der Waals surface area contributed by atoms with E-state index in [-0.39, 0.29) is 12.8 Å². The van der Waals surface area contributed by atoms with Gasteiger partial charge >= 0.3 is 0 Å². The fourth-order valence-corrected chi connectivity index (χ4v) is 3.42. The molecule has 1 aromatic carbocycles. The standard InChI is InChI=1S/C20H24ClF4N3O/c1-4-6-7-8-11-17(22)19(24)12(20(25)18(11)23)10-26-15(29)9-14-16(21)13(5-2)27-28(14)3/h4-10H2,1-3H3,(H,26,29). The Bertz CT molecular complexity index is 870. The maximum atomic E-state index is 14.3. The van der Waals surface area contributed by atoms with Crippen LogP contribution in [0.1, 0.15) is 55.6 Å². The smallest absolute Gasteiger partial charge is 0.226 e. The van der Waals surface area contributed by atoms with E-state index in [9.17, 15) is 22.4 Å². The van der Waals surface area contributed by atoms with Crippen molar-refractivity contribution in [1.82, 2.24) is 15.1 Å². The van der Waals surface area contributed by atoms with E-state index in [2.05, 4.69) is 10.4 Å². The van der Waals surface area contributed by atoms with Crippen LogP contribution in [-0.2, 0) is 37.6 Å². The van der Waals surface area contributed by atoms with Gasteiger partial charge in [-0.2, -0.15) is 5.10 Å². The Morgan fingerprint density at radius 3 is 2.14 bits per heavy atom. The zero-order valence-electron chi connectivity index (χ0n) is 16.6. The molecule has 0 aliphatic rings. The molecule has 0 atom stereocenters. The normalized spacial score (nSPS) is 11.2. The van der Waals surface area contributed by atoms with Crippen LogP contribution in [0, 0.1) is 23.3 Å². The molecule has 0 saturated carbocycles. The lowest BCUT2D eigenvalue weighted by molar-refractivity contribution is -0.120. The van der Waals surface area contributed by atoms with E-state index in [0.29, 0.717) is 35.7 Å². The fourth-order valence-electron chi connectivity index (χ4n) is 3.06. The number of amides is 1. The molecule has 0 bridgehead atoms. The molecule has 0 aliphatic carbocycles. The molecule has 0 saturated heterocycles. The number of hydrogen-bond donors (Lipinski definition) is 1. The summed E-state index contributed by atoms with van der Waals surface area (Å²) in [6.07, 6.45) is 2.21. The first kappa shape index (κ1) is 23.2. The highest BCUT2D eigenvalue weighted by atomic mass is 35.5. The van der Waals surface area contributed by atoms with Gasteiger partial charge in [0, 0.05) is 24.7 Å². The molecule has 0 aliphatic heterocycles. The van der Waals surface area contributed by atoms with Gasteiger partial charge < -0.3 is 5.32 Å². The molecule has 1 N–H and O–H groups in total. The highest BCUT2D eigenvalue weighted by Gasteiger charge is 2.25. The summed E-state index contributed by atoms with van der Waals surface area (Å²) in [6, 6.07) is 0. The summed E-state index contributed by atoms with van der Waals surface area (Å²) in [5.74, 6) is -6.40. The third-order valence-electron chi connectivity index (χ3n) is 4.77. The van der Waals surface area contributed by atoms with Gasteiger partial charge in [-0.3, -0.25) is 9.48 Å². The third-order valence-corrected chi connectivity index (χ3v) is 5.21. The van der Waals surface area contributed by atoms with E-state index in [4.69, 9.17) is 11.6 Å². The minimum Gasteiger partial charge on any atom is -0.351 e. The van der Waals surface area contributed by atoms with Gasteiger partial charge in [-0.25, -0.2) is 17.6 Å². The lowest BCUT2D eigenvalue weighted by Gasteiger charge is -2.13. The van der Waals surface area contributed by atoms with E-state index in [1.54, 1.807) is 7.05 Å². The van der Waals surface area contributed by atoms with Gasteiger partial charge in [0.2, 0.25) is 5.91 Å². The Morgan fingerprint density at radius 2 is 1.62 bits per heavy atom. The first-order valence-corrected chi connectivity index (χ1v) is 9.91. The number of carbonyl (C=O) groups excluding carboxylic acids is 1. The second kappa shape index (κ2) is 10.1. The average molecular weight is 434 g/mol. The quantitative estimate of drug-likeness (QED) is 0.351. The van der Waals surface area contributed by atoms with Gasteiger partial charge in [-0.15, -0.1) is 0 Å². The van der Waals surface area contributed by atoms with Crippen molar-refractivity contribution in [2.75, 3.05) is 0 Å². The average Bonchev–Trinajstić information content (AvgIpc) is 2.96. The molecule has 0 spiro atoms. The first-order chi connectivity index (χ1) is 13.7. The van der Waals surface area contributed by atoms with Crippen LogP contribution < -0.4 is 5.32 Å². The van der Waals surface area contributed by atoms with Crippen molar-refractivity contribution in [3.8, 4) is 0 Å². The van der Waals surface area contributed by atoms with Crippen molar-refractivity contribution in [2.45, 2.75) is 58.9 Å². The molecule has 1 aromatic heterocycles. The van der Waals surface area contributed by atoms with Crippen LogP contribution in [0.5, 0.6) is 0 Å². The van der Waals surface area contributed by atoms with Gasteiger partial charge in [0.15, 0.2) is 23.3 Å². The largest absolute Gasteiger partial charge is 0.351 e. The fraction of sp³-hybridized carbons (Fsp3) is 0.500. The summed E-state index contributed by atoms with van der Waals surface area (Å²) >= 11 is 6.17. The van der Waals surface area contributed by atoms with Crippen LogP contribution in [0.4, 0.5) is 17.6 Å².